The summed E-state index contributed by atoms with van der Waals surface area (Å²) in [7, 11) is 0. The molecule has 2 heterocycles. The molecule has 3 aromatic rings. The molecule has 0 unspecified atom stereocenters. The molecule has 168 valence electrons. The van der Waals surface area contributed by atoms with E-state index < -0.39 is 11.8 Å². The Hall–Kier alpha value is -4.00. The molecule has 7 nitrogen and oxygen atoms in total. The Morgan fingerprint density at radius 2 is 1.67 bits per heavy atom. The minimum atomic E-state index is -0.713. The van der Waals surface area contributed by atoms with E-state index in [2.05, 4.69) is 64.1 Å². The third-order valence-electron chi connectivity index (χ3n) is 5.97. The molecule has 0 bridgehead atoms. The van der Waals surface area contributed by atoms with Crippen molar-refractivity contribution < 1.29 is 19.1 Å². The summed E-state index contributed by atoms with van der Waals surface area (Å²) < 4.78 is 10.5. The van der Waals surface area contributed by atoms with Crippen molar-refractivity contribution in [1.82, 2.24) is 5.32 Å². The van der Waals surface area contributed by atoms with Gasteiger partial charge in [-0.15, -0.1) is 0 Å². The Labute approximate surface area is 192 Å². The van der Waals surface area contributed by atoms with E-state index in [-0.39, 0.29) is 6.79 Å². The van der Waals surface area contributed by atoms with E-state index >= 15 is 0 Å². The summed E-state index contributed by atoms with van der Waals surface area (Å²) in [4.78, 5) is 26.7. The fraction of sp³-hybridized carbons (Fsp3) is 0.231. The summed E-state index contributed by atoms with van der Waals surface area (Å²) in [6.07, 6.45) is 1.70. The minimum Gasteiger partial charge on any atom is -0.454 e. The van der Waals surface area contributed by atoms with E-state index in [1.807, 2.05) is 0 Å². The lowest BCUT2D eigenvalue weighted by Crippen LogP contribution is -2.36. The van der Waals surface area contributed by atoms with Crippen molar-refractivity contribution in [2.75, 3.05) is 30.1 Å². The monoisotopic (exact) mass is 443 g/mol. The van der Waals surface area contributed by atoms with Gasteiger partial charge in [0.25, 0.3) is 0 Å². The number of carbonyl (C=O) groups excluding carboxylic acids is 2. The van der Waals surface area contributed by atoms with Gasteiger partial charge in [0.2, 0.25) is 6.79 Å². The van der Waals surface area contributed by atoms with Crippen molar-refractivity contribution in [1.29, 1.82) is 0 Å². The van der Waals surface area contributed by atoms with E-state index in [4.69, 9.17) is 9.47 Å². The predicted octanol–water partition coefficient (Wildman–Crippen LogP) is 3.28. The largest absolute Gasteiger partial charge is 0.454 e. The molecule has 7 heteroatoms. The normalized spacial score (nSPS) is 13.9. The molecule has 0 radical (unpaired) electrons. The number of hydrogen-bond donors (Lipinski definition) is 2. The van der Waals surface area contributed by atoms with Crippen LogP contribution in [0.3, 0.4) is 0 Å². The van der Waals surface area contributed by atoms with Crippen LogP contribution in [0.5, 0.6) is 11.5 Å². The number of nitrogens with one attached hydrogen (secondary N) is 2. The first-order valence-electron chi connectivity index (χ1n) is 11.1. The number of carbonyl (C=O) groups is 2. The summed E-state index contributed by atoms with van der Waals surface area (Å²) >= 11 is 0. The van der Waals surface area contributed by atoms with E-state index in [1.165, 1.54) is 16.8 Å². The number of amides is 2. The van der Waals surface area contributed by atoms with Gasteiger partial charge in [-0.1, -0.05) is 36.4 Å². The Morgan fingerprint density at radius 3 is 2.52 bits per heavy atom. The van der Waals surface area contributed by atoms with Gasteiger partial charge < -0.3 is 25.0 Å². The van der Waals surface area contributed by atoms with E-state index in [0.29, 0.717) is 30.2 Å². The van der Waals surface area contributed by atoms with Crippen LogP contribution < -0.4 is 25.0 Å². The van der Waals surface area contributed by atoms with Crippen molar-refractivity contribution in [3.05, 3.63) is 83.4 Å². The van der Waals surface area contributed by atoms with Crippen LogP contribution in [0.4, 0.5) is 11.4 Å². The summed E-state index contributed by atoms with van der Waals surface area (Å²) in [6.45, 7) is 2.46. The first-order chi connectivity index (χ1) is 16.2. The first kappa shape index (κ1) is 20.9. The minimum absolute atomic E-state index is 0.153. The van der Waals surface area contributed by atoms with Crippen LogP contribution in [0.25, 0.3) is 0 Å². The molecule has 0 aromatic heterocycles. The molecule has 2 aliphatic rings. The third kappa shape index (κ3) is 4.77. The predicted molar refractivity (Wildman–Crippen MR) is 126 cm³/mol. The third-order valence-corrected chi connectivity index (χ3v) is 5.97. The molecule has 0 atom stereocenters. The van der Waals surface area contributed by atoms with Crippen LogP contribution >= 0.6 is 0 Å². The zero-order valence-corrected chi connectivity index (χ0v) is 18.2. The maximum atomic E-state index is 12.2. The molecule has 2 amide bonds. The van der Waals surface area contributed by atoms with Crippen molar-refractivity contribution in [3.8, 4) is 11.5 Å². The molecule has 33 heavy (non-hydrogen) atoms. The molecule has 2 aliphatic heterocycles. The number of rotatable bonds is 5. The molecular weight excluding hydrogens is 418 g/mol. The average molecular weight is 444 g/mol. The first-order valence-corrected chi connectivity index (χ1v) is 11.1. The lowest BCUT2D eigenvalue weighted by Gasteiger charge is -2.30. The highest BCUT2D eigenvalue weighted by Gasteiger charge is 2.18. The van der Waals surface area contributed by atoms with Gasteiger partial charge in [0.05, 0.1) is 0 Å². The highest BCUT2D eigenvalue weighted by molar-refractivity contribution is 6.39. The van der Waals surface area contributed by atoms with Gasteiger partial charge in [-0.05, 0) is 53.8 Å². The molecule has 5 rings (SSSR count). The van der Waals surface area contributed by atoms with Gasteiger partial charge in [-0.25, -0.2) is 0 Å². The summed E-state index contributed by atoms with van der Waals surface area (Å²) in [5.41, 5.74) is 5.60. The number of fused-ring (bicyclic) bond motifs is 2. The highest BCUT2D eigenvalue weighted by Crippen LogP contribution is 2.34. The lowest BCUT2D eigenvalue weighted by atomic mass is 9.99. The van der Waals surface area contributed by atoms with Crippen molar-refractivity contribution >= 4 is 23.2 Å². The Morgan fingerprint density at radius 1 is 0.879 bits per heavy atom. The molecule has 3 aromatic carbocycles. The van der Waals surface area contributed by atoms with E-state index in [0.717, 1.165) is 25.1 Å². The smallest absolute Gasteiger partial charge is 0.313 e. The Balaban J connectivity index is 1.09. The van der Waals surface area contributed by atoms with Crippen LogP contribution in [0.1, 0.15) is 16.7 Å². The topological polar surface area (TPSA) is 79.9 Å². The molecule has 0 spiro atoms. The summed E-state index contributed by atoms with van der Waals surface area (Å²) in [5.74, 6) is -0.218. The van der Waals surface area contributed by atoms with Crippen molar-refractivity contribution in [3.63, 3.8) is 0 Å². The van der Waals surface area contributed by atoms with E-state index in [9.17, 15) is 9.59 Å². The Kier molecular flexibility index (Phi) is 5.85. The number of hydrogen-bond acceptors (Lipinski definition) is 5. The van der Waals surface area contributed by atoms with Crippen LogP contribution in [0, 0.1) is 0 Å². The molecule has 2 N–H and O–H groups in total. The van der Waals surface area contributed by atoms with Crippen LogP contribution in [-0.4, -0.2) is 31.7 Å². The van der Waals surface area contributed by atoms with Gasteiger partial charge in [0, 0.05) is 37.1 Å². The van der Waals surface area contributed by atoms with Gasteiger partial charge in [-0.3, -0.25) is 9.59 Å². The van der Waals surface area contributed by atoms with Gasteiger partial charge >= 0.3 is 11.8 Å². The molecule has 0 aliphatic carbocycles. The molecule has 0 fully saturated rings. The molecule has 0 saturated heterocycles. The van der Waals surface area contributed by atoms with Crippen LogP contribution in [-0.2, 0) is 29.0 Å². The van der Waals surface area contributed by atoms with Crippen LogP contribution in [0.2, 0.25) is 0 Å². The maximum absolute atomic E-state index is 12.2. The second-order valence-corrected chi connectivity index (χ2v) is 8.13. The van der Waals surface area contributed by atoms with Crippen molar-refractivity contribution in [2.45, 2.75) is 19.4 Å². The Bertz CT molecular complexity index is 1180. The maximum Gasteiger partial charge on any atom is 0.313 e. The highest BCUT2D eigenvalue weighted by atomic mass is 16.7. The SMILES string of the molecule is O=C(NCCc1ccc(N2CCc3ccccc3C2)cc1)C(=O)Nc1ccc2c(c1)OCO2. The zero-order valence-electron chi connectivity index (χ0n) is 18.2. The van der Waals surface area contributed by atoms with Crippen molar-refractivity contribution in [2.24, 2.45) is 0 Å². The second kappa shape index (κ2) is 9.24. The fourth-order valence-electron chi connectivity index (χ4n) is 4.15. The number of benzene rings is 3. The standard InChI is InChI=1S/C26H25N3O4/c30-25(26(31)28-21-7-10-23-24(15-21)33-17-32-23)27-13-11-18-5-8-22(9-6-18)29-14-12-19-3-1-2-4-20(19)16-29/h1-10,15H,11-14,16-17H2,(H,27,30)(H,28,31). The number of ether oxygens (including phenoxy) is 2. The number of nitrogens with zero attached hydrogens (tertiary/aromatic N) is 1. The summed E-state index contributed by atoms with van der Waals surface area (Å²) in [5, 5.41) is 5.25. The zero-order chi connectivity index (χ0) is 22.6. The van der Waals surface area contributed by atoms with Gasteiger partial charge in [0.1, 0.15) is 0 Å². The van der Waals surface area contributed by atoms with Gasteiger partial charge in [0.15, 0.2) is 11.5 Å². The average Bonchev–Trinajstić information content (AvgIpc) is 3.32. The second-order valence-electron chi connectivity index (χ2n) is 8.13. The fourth-order valence-corrected chi connectivity index (χ4v) is 4.15. The van der Waals surface area contributed by atoms with Crippen LogP contribution in [0.15, 0.2) is 66.7 Å². The molecular formula is C26H25N3O4. The van der Waals surface area contributed by atoms with Gasteiger partial charge in [-0.2, -0.15) is 0 Å². The van der Waals surface area contributed by atoms with E-state index in [1.54, 1.807) is 18.2 Å². The quantitative estimate of drug-likeness (QED) is 0.592. The lowest BCUT2D eigenvalue weighted by molar-refractivity contribution is -0.136. The molecule has 0 saturated carbocycles. The number of anilines is 2. The summed E-state index contributed by atoms with van der Waals surface area (Å²) in [6, 6.07) is 22.0.